The Hall–Kier alpha value is -2.95. The standard InChI is InChI=1S/C28H35NO4/c1-5-29(25-11-7-6-9-19(25)2)27(31)17-20(3)33-28(32)21(4)23-15-13-22(14-16-23)18-24-10-8-12-26(24)30/h6-7,9,11,13-16,20-21,24H,5,8,10,12,17-18H2,1-4H3. The SMILES string of the molecule is CCN(C(=O)CC(C)OC(=O)C(C)c1ccc(CC2CCCC2=O)cc1)c1ccccc1C. The molecule has 0 radical (unpaired) electrons. The van der Waals surface area contributed by atoms with Crippen LogP contribution in [-0.2, 0) is 25.5 Å². The van der Waals surface area contributed by atoms with E-state index < -0.39 is 12.0 Å². The van der Waals surface area contributed by atoms with E-state index in [9.17, 15) is 14.4 Å². The quantitative estimate of drug-likeness (QED) is 0.482. The third-order valence-corrected chi connectivity index (χ3v) is 6.55. The van der Waals surface area contributed by atoms with Crippen LogP contribution in [0.3, 0.4) is 0 Å². The van der Waals surface area contributed by atoms with Gasteiger partial charge in [0.05, 0.1) is 12.3 Å². The van der Waals surface area contributed by atoms with E-state index in [1.54, 1.807) is 11.8 Å². The maximum absolute atomic E-state index is 12.9. The summed E-state index contributed by atoms with van der Waals surface area (Å²) in [5.74, 6) is -0.329. The first-order chi connectivity index (χ1) is 15.8. The second-order valence-corrected chi connectivity index (χ2v) is 9.10. The first kappa shape index (κ1) is 24.7. The van der Waals surface area contributed by atoms with Crippen LogP contribution >= 0.6 is 0 Å². The first-order valence-corrected chi connectivity index (χ1v) is 12.0. The van der Waals surface area contributed by atoms with Crippen molar-refractivity contribution < 1.29 is 19.1 Å². The predicted molar refractivity (Wildman–Crippen MR) is 130 cm³/mol. The van der Waals surface area contributed by atoms with Crippen LogP contribution in [-0.4, -0.2) is 30.3 Å². The summed E-state index contributed by atoms with van der Waals surface area (Å²) < 4.78 is 5.62. The van der Waals surface area contributed by atoms with Crippen LogP contribution in [0.4, 0.5) is 5.69 Å². The molecular weight excluding hydrogens is 414 g/mol. The number of amides is 1. The topological polar surface area (TPSA) is 63.7 Å². The number of esters is 1. The number of ether oxygens (including phenoxy) is 1. The van der Waals surface area contributed by atoms with Crippen LogP contribution in [0.1, 0.15) is 69.1 Å². The number of carbonyl (C=O) groups is 3. The highest BCUT2D eigenvalue weighted by molar-refractivity contribution is 5.94. The Morgan fingerprint density at radius 3 is 2.39 bits per heavy atom. The van der Waals surface area contributed by atoms with E-state index in [0.717, 1.165) is 41.6 Å². The highest BCUT2D eigenvalue weighted by atomic mass is 16.5. The lowest BCUT2D eigenvalue weighted by molar-refractivity contribution is -0.150. The Bertz CT molecular complexity index is 982. The van der Waals surface area contributed by atoms with Crippen LogP contribution < -0.4 is 4.90 Å². The summed E-state index contributed by atoms with van der Waals surface area (Å²) in [5, 5.41) is 0. The minimum Gasteiger partial charge on any atom is -0.462 e. The molecule has 1 amide bonds. The normalized spacial score (nSPS) is 17.5. The van der Waals surface area contributed by atoms with Crippen LogP contribution in [0.2, 0.25) is 0 Å². The summed E-state index contributed by atoms with van der Waals surface area (Å²) in [6.45, 7) is 8.05. The van der Waals surface area contributed by atoms with Crippen LogP contribution in [0.15, 0.2) is 48.5 Å². The summed E-state index contributed by atoms with van der Waals surface area (Å²) >= 11 is 0. The van der Waals surface area contributed by atoms with Gasteiger partial charge in [-0.25, -0.2) is 0 Å². The largest absolute Gasteiger partial charge is 0.462 e. The number of para-hydroxylation sites is 1. The fourth-order valence-electron chi connectivity index (χ4n) is 4.51. The van der Waals surface area contributed by atoms with Gasteiger partial charge >= 0.3 is 5.97 Å². The molecule has 3 atom stereocenters. The van der Waals surface area contributed by atoms with Gasteiger partial charge in [0.1, 0.15) is 11.9 Å². The number of ketones is 1. The first-order valence-electron chi connectivity index (χ1n) is 12.0. The van der Waals surface area contributed by atoms with E-state index in [0.29, 0.717) is 18.7 Å². The molecule has 0 aromatic heterocycles. The second-order valence-electron chi connectivity index (χ2n) is 9.10. The monoisotopic (exact) mass is 449 g/mol. The number of benzene rings is 2. The van der Waals surface area contributed by atoms with Crippen molar-refractivity contribution in [2.75, 3.05) is 11.4 Å². The van der Waals surface area contributed by atoms with Gasteiger partial charge in [0.25, 0.3) is 0 Å². The number of Topliss-reactive ketones (excluding diaryl/α,β-unsaturated/α-hetero) is 1. The molecule has 0 bridgehead atoms. The lowest BCUT2D eigenvalue weighted by Crippen LogP contribution is -2.34. The summed E-state index contributed by atoms with van der Waals surface area (Å²) in [7, 11) is 0. The number of nitrogens with zero attached hydrogens (tertiary/aromatic N) is 1. The molecule has 5 heteroatoms. The molecule has 3 rings (SSSR count). The molecule has 2 aromatic rings. The zero-order valence-corrected chi connectivity index (χ0v) is 20.2. The maximum atomic E-state index is 12.9. The minimum atomic E-state index is -0.516. The molecular formula is C28H35NO4. The van der Waals surface area contributed by atoms with E-state index in [1.807, 2.05) is 69.3 Å². The van der Waals surface area contributed by atoms with Crippen LogP contribution in [0.25, 0.3) is 0 Å². The molecule has 3 unspecified atom stereocenters. The summed E-state index contributed by atoms with van der Waals surface area (Å²) in [6.07, 6.45) is 3.05. The van der Waals surface area contributed by atoms with Crippen LogP contribution in [0, 0.1) is 12.8 Å². The third-order valence-electron chi connectivity index (χ3n) is 6.55. The van der Waals surface area contributed by atoms with Crippen molar-refractivity contribution in [2.24, 2.45) is 5.92 Å². The van der Waals surface area contributed by atoms with Gasteiger partial charge in [0.2, 0.25) is 5.91 Å². The highest BCUT2D eigenvalue weighted by Gasteiger charge is 2.25. The Kier molecular flexibility index (Phi) is 8.43. The van der Waals surface area contributed by atoms with Gasteiger partial charge in [-0.15, -0.1) is 0 Å². The molecule has 0 aliphatic heterocycles. The summed E-state index contributed by atoms with van der Waals surface area (Å²) in [4.78, 5) is 39.2. The van der Waals surface area contributed by atoms with E-state index in [-0.39, 0.29) is 24.2 Å². The Balaban J connectivity index is 1.54. The van der Waals surface area contributed by atoms with Gasteiger partial charge in [-0.1, -0.05) is 42.5 Å². The van der Waals surface area contributed by atoms with E-state index in [1.165, 1.54) is 0 Å². The van der Waals surface area contributed by atoms with Gasteiger partial charge in [0, 0.05) is 24.6 Å². The molecule has 176 valence electrons. The molecule has 5 nitrogen and oxygen atoms in total. The number of carbonyl (C=O) groups excluding carboxylic acids is 3. The number of hydrogen-bond acceptors (Lipinski definition) is 4. The molecule has 0 N–H and O–H groups in total. The summed E-state index contributed by atoms with van der Waals surface area (Å²) in [6, 6.07) is 15.7. The van der Waals surface area contributed by atoms with Gasteiger partial charge in [-0.2, -0.15) is 0 Å². The smallest absolute Gasteiger partial charge is 0.313 e. The lowest BCUT2D eigenvalue weighted by Gasteiger charge is -2.25. The molecule has 1 saturated carbocycles. The molecule has 2 aromatic carbocycles. The van der Waals surface area contributed by atoms with Crippen molar-refractivity contribution in [3.8, 4) is 0 Å². The van der Waals surface area contributed by atoms with Crippen molar-refractivity contribution in [3.05, 3.63) is 65.2 Å². The number of aryl methyl sites for hydroxylation is 1. The Morgan fingerprint density at radius 1 is 1.09 bits per heavy atom. The number of rotatable bonds is 9. The van der Waals surface area contributed by atoms with Crippen molar-refractivity contribution in [2.45, 2.75) is 71.8 Å². The van der Waals surface area contributed by atoms with E-state index in [2.05, 4.69) is 0 Å². The third kappa shape index (κ3) is 6.31. The molecule has 0 saturated heterocycles. The fourth-order valence-corrected chi connectivity index (χ4v) is 4.51. The molecule has 1 aliphatic rings. The van der Waals surface area contributed by atoms with Crippen molar-refractivity contribution in [3.63, 3.8) is 0 Å². The molecule has 0 heterocycles. The zero-order valence-electron chi connectivity index (χ0n) is 20.2. The van der Waals surface area contributed by atoms with Crippen LogP contribution in [0.5, 0.6) is 0 Å². The van der Waals surface area contributed by atoms with E-state index >= 15 is 0 Å². The number of hydrogen-bond donors (Lipinski definition) is 0. The van der Waals surface area contributed by atoms with Gasteiger partial charge < -0.3 is 9.64 Å². The predicted octanol–water partition coefficient (Wildman–Crippen LogP) is 5.39. The maximum Gasteiger partial charge on any atom is 0.313 e. The average Bonchev–Trinajstić information content (AvgIpc) is 3.19. The summed E-state index contributed by atoms with van der Waals surface area (Å²) in [5.41, 5.74) is 3.91. The average molecular weight is 450 g/mol. The molecule has 33 heavy (non-hydrogen) atoms. The second kappa shape index (κ2) is 11.3. The molecule has 0 spiro atoms. The lowest BCUT2D eigenvalue weighted by atomic mass is 9.94. The highest BCUT2D eigenvalue weighted by Crippen LogP contribution is 2.26. The van der Waals surface area contributed by atoms with Crippen molar-refractivity contribution in [1.82, 2.24) is 0 Å². The van der Waals surface area contributed by atoms with Gasteiger partial charge in [-0.3, -0.25) is 14.4 Å². The van der Waals surface area contributed by atoms with Crippen molar-refractivity contribution >= 4 is 23.3 Å². The Labute approximate surface area is 197 Å². The van der Waals surface area contributed by atoms with Crippen molar-refractivity contribution in [1.29, 1.82) is 0 Å². The Morgan fingerprint density at radius 2 is 1.79 bits per heavy atom. The van der Waals surface area contributed by atoms with Gasteiger partial charge in [-0.05, 0) is 69.7 Å². The zero-order chi connectivity index (χ0) is 24.0. The van der Waals surface area contributed by atoms with Gasteiger partial charge in [0.15, 0.2) is 0 Å². The van der Waals surface area contributed by atoms with E-state index in [4.69, 9.17) is 4.74 Å². The molecule has 1 fully saturated rings. The molecule has 1 aliphatic carbocycles. The fraction of sp³-hybridized carbons (Fsp3) is 0.464. The number of anilines is 1. The minimum absolute atomic E-state index is 0.0643.